The molecule has 0 spiro atoms. The van der Waals surface area contributed by atoms with E-state index < -0.39 is 5.97 Å². The third-order valence-corrected chi connectivity index (χ3v) is 10.1. The van der Waals surface area contributed by atoms with E-state index in [0.29, 0.717) is 23.6 Å². The van der Waals surface area contributed by atoms with Gasteiger partial charge in [-0.3, -0.25) is 19.3 Å². The van der Waals surface area contributed by atoms with Crippen molar-refractivity contribution in [2.24, 2.45) is 11.8 Å². The van der Waals surface area contributed by atoms with E-state index >= 15 is 0 Å². The lowest BCUT2D eigenvalue weighted by atomic mass is 9.73. The molecule has 0 amide bonds. The van der Waals surface area contributed by atoms with Gasteiger partial charge in [-0.1, -0.05) is 44.2 Å². The second kappa shape index (κ2) is 11.5. The third kappa shape index (κ3) is 5.44. The number of fused-ring (bicyclic) bond motifs is 5. The van der Waals surface area contributed by atoms with Gasteiger partial charge in [0.2, 0.25) is 0 Å². The van der Waals surface area contributed by atoms with Gasteiger partial charge in [-0.2, -0.15) is 0 Å². The number of aromatic nitrogens is 2. The Morgan fingerprint density at radius 1 is 0.846 bits per heavy atom. The predicted molar refractivity (Wildman–Crippen MR) is 151 cm³/mol. The molecule has 1 aromatic heterocycles. The van der Waals surface area contributed by atoms with Crippen LogP contribution in [0.25, 0.3) is 11.0 Å². The molecule has 7 nitrogen and oxygen atoms in total. The van der Waals surface area contributed by atoms with Gasteiger partial charge in [0.1, 0.15) is 0 Å². The van der Waals surface area contributed by atoms with Crippen molar-refractivity contribution in [2.75, 3.05) is 6.61 Å². The van der Waals surface area contributed by atoms with Gasteiger partial charge in [0.05, 0.1) is 24.1 Å². The molecule has 4 fully saturated rings. The number of carbonyl (C=O) groups is 2. The summed E-state index contributed by atoms with van der Waals surface area (Å²) in [5, 5.41) is 0. The van der Waals surface area contributed by atoms with Crippen LogP contribution in [-0.4, -0.2) is 50.9 Å². The van der Waals surface area contributed by atoms with E-state index in [-0.39, 0.29) is 42.5 Å². The molecule has 39 heavy (non-hydrogen) atoms. The molecular weight excluding hydrogens is 490 g/mol. The molecule has 0 N–H and O–H groups in total. The maximum absolute atomic E-state index is 13.9. The van der Waals surface area contributed by atoms with Gasteiger partial charge in [0.15, 0.2) is 11.5 Å². The van der Waals surface area contributed by atoms with E-state index in [1.54, 1.807) is 6.92 Å². The van der Waals surface area contributed by atoms with E-state index in [9.17, 15) is 14.4 Å². The third-order valence-electron chi connectivity index (χ3n) is 10.1. The number of carbonyl (C=O) groups excluding carboxylic acids is 2. The number of rotatable bonds is 7. The van der Waals surface area contributed by atoms with Crippen LogP contribution in [0, 0.1) is 11.8 Å². The van der Waals surface area contributed by atoms with Crippen molar-refractivity contribution in [1.29, 1.82) is 0 Å². The highest BCUT2D eigenvalue weighted by Gasteiger charge is 2.45. The van der Waals surface area contributed by atoms with Crippen molar-refractivity contribution in [3.63, 3.8) is 0 Å². The molecule has 3 heterocycles. The van der Waals surface area contributed by atoms with Crippen molar-refractivity contribution in [1.82, 2.24) is 14.5 Å². The standard InChI is InChI=1S/C32H43N3O4/c1-2-39-30(37)15-14-29(36)31-32(38)35(28-13-6-5-12-27(28)33-31)26-19-23-10-7-11-24(20-26)34(23)25-17-21-8-3-4-9-22(16-21)18-25/h5-6,12-13,21-26H,2-4,7-11,14-20H2,1H3. The summed E-state index contributed by atoms with van der Waals surface area (Å²) < 4.78 is 6.87. The minimum absolute atomic E-state index is 0.0352. The Bertz CT molecular complexity index is 1240. The molecule has 210 valence electrons. The first-order valence-electron chi connectivity index (χ1n) is 15.5. The van der Waals surface area contributed by atoms with Crippen molar-refractivity contribution in [2.45, 2.75) is 121 Å². The SMILES string of the molecule is CCOC(=O)CCC(=O)c1nc2ccccc2n(C2CC3CCCC(C2)N3C2CC3CCCCC(C3)C2)c1=O. The summed E-state index contributed by atoms with van der Waals surface area (Å²) >= 11 is 0. The first-order valence-corrected chi connectivity index (χ1v) is 15.5. The number of nitrogens with zero attached hydrogens (tertiary/aromatic N) is 3. The highest BCUT2D eigenvalue weighted by Crippen LogP contribution is 2.47. The Morgan fingerprint density at radius 3 is 2.23 bits per heavy atom. The largest absolute Gasteiger partial charge is 0.466 e. The Kier molecular flexibility index (Phi) is 7.88. The van der Waals surface area contributed by atoms with E-state index in [0.717, 1.165) is 30.2 Å². The van der Waals surface area contributed by atoms with E-state index in [2.05, 4.69) is 9.88 Å². The van der Waals surface area contributed by atoms with Crippen LogP contribution in [0.4, 0.5) is 0 Å². The normalized spacial score (nSPS) is 31.0. The van der Waals surface area contributed by atoms with Gasteiger partial charge in [-0.15, -0.1) is 0 Å². The fraction of sp³-hybridized carbons (Fsp3) is 0.688. The van der Waals surface area contributed by atoms with Crippen molar-refractivity contribution in [3.8, 4) is 0 Å². The number of ketones is 1. The molecule has 2 aromatic rings. The first-order chi connectivity index (χ1) is 19.0. The van der Waals surface area contributed by atoms with Gasteiger partial charge >= 0.3 is 5.97 Å². The summed E-state index contributed by atoms with van der Waals surface area (Å²) in [6.45, 7) is 2.02. The molecule has 2 aliphatic heterocycles. The van der Waals surface area contributed by atoms with Gasteiger partial charge < -0.3 is 9.30 Å². The van der Waals surface area contributed by atoms with Crippen molar-refractivity contribution in [3.05, 3.63) is 40.3 Å². The van der Waals surface area contributed by atoms with Gasteiger partial charge in [0, 0.05) is 30.6 Å². The Hall–Kier alpha value is -2.54. The summed E-state index contributed by atoms with van der Waals surface area (Å²) in [6, 6.07) is 9.42. The Balaban J connectivity index is 1.28. The topological polar surface area (TPSA) is 81.5 Å². The first kappa shape index (κ1) is 26.7. The lowest BCUT2D eigenvalue weighted by Crippen LogP contribution is -2.58. The second-order valence-electron chi connectivity index (χ2n) is 12.5. The zero-order valence-electron chi connectivity index (χ0n) is 23.4. The second-order valence-corrected chi connectivity index (χ2v) is 12.5. The van der Waals surface area contributed by atoms with Crippen LogP contribution in [0.5, 0.6) is 0 Å². The minimum atomic E-state index is -0.422. The number of ether oxygens (including phenoxy) is 1. The Labute approximate surface area is 231 Å². The molecule has 4 atom stereocenters. The van der Waals surface area contributed by atoms with Gasteiger partial charge in [0.25, 0.3) is 5.56 Å². The number of piperidine rings is 2. The summed E-state index contributed by atoms with van der Waals surface area (Å²) in [7, 11) is 0. The lowest BCUT2D eigenvalue weighted by molar-refractivity contribution is -0.143. The highest BCUT2D eigenvalue weighted by molar-refractivity contribution is 5.97. The molecule has 4 bridgehead atoms. The number of para-hydroxylation sites is 2. The van der Waals surface area contributed by atoms with Crippen LogP contribution in [0.1, 0.15) is 113 Å². The molecule has 0 radical (unpaired) electrons. The Morgan fingerprint density at radius 2 is 1.54 bits per heavy atom. The summed E-state index contributed by atoms with van der Waals surface area (Å²) in [5.74, 6) is 0.985. The van der Waals surface area contributed by atoms with E-state index in [4.69, 9.17) is 4.74 Å². The number of esters is 1. The van der Waals surface area contributed by atoms with Crippen LogP contribution in [-0.2, 0) is 9.53 Å². The molecule has 6 rings (SSSR count). The zero-order chi connectivity index (χ0) is 26.9. The fourth-order valence-electron chi connectivity index (χ4n) is 8.57. The molecule has 4 aliphatic rings. The quantitative estimate of drug-likeness (QED) is 0.329. The van der Waals surface area contributed by atoms with Crippen LogP contribution in [0.3, 0.4) is 0 Å². The van der Waals surface area contributed by atoms with E-state index in [1.807, 2.05) is 28.8 Å². The van der Waals surface area contributed by atoms with Gasteiger partial charge in [-0.25, -0.2) is 4.98 Å². The zero-order valence-corrected chi connectivity index (χ0v) is 23.4. The maximum Gasteiger partial charge on any atom is 0.306 e. The monoisotopic (exact) mass is 533 g/mol. The average molecular weight is 534 g/mol. The summed E-state index contributed by atoms with van der Waals surface area (Å²) in [5.41, 5.74) is 1.13. The molecule has 2 saturated heterocycles. The average Bonchev–Trinajstić information content (AvgIpc) is 3.10. The van der Waals surface area contributed by atoms with E-state index in [1.165, 1.54) is 64.2 Å². The molecule has 1 aromatic carbocycles. The fourth-order valence-corrected chi connectivity index (χ4v) is 8.57. The summed E-state index contributed by atoms with van der Waals surface area (Å²) in [4.78, 5) is 46.3. The lowest BCUT2D eigenvalue weighted by Gasteiger charge is -2.54. The molecular formula is C32H43N3O4. The van der Waals surface area contributed by atoms with Gasteiger partial charge in [-0.05, 0) is 75.8 Å². The molecule has 2 aliphatic carbocycles. The number of Topliss-reactive ketones (excluding diaryl/α,β-unsaturated/α-hetero) is 1. The minimum Gasteiger partial charge on any atom is -0.466 e. The van der Waals surface area contributed by atoms with Crippen molar-refractivity contribution >= 4 is 22.8 Å². The molecule has 7 heteroatoms. The predicted octanol–water partition coefficient (Wildman–Crippen LogP) is 5.84. The number of hydrogen-bond acceptors (Lipinski definition) is 6. The maximum atomic E-state index is 13.9. The van der Waals surface area contributed by atoms with Crippen molar-refractivity contribution < 1.29 is 14.3 Å². The summed E-state index contributed by atoms with van der Waals surface area (Å²) in [6.07, 6.45) is 15.2. The van der Waals surface area contributed by atoms with Crippen LogP contribution < -0.4 is 5.56 Å². The number of hydrogen-bond donors (Lipinski definition) is 0. The number of benzene rings is 1. The van der Waals surface area contributed by atoms with Crippen LogP contribution >= 0.6 is 0 Å². The van der Waals surface area contributed by atoms with Crippen LogP contribution in [0.15, 0.2) is 29.1 Å². The highest BCUT2D eigenvalue weighted by atomic mass is 16.5. The van der Waals surface area contributed by atoms with Crippen LogP contribution in [0.2, 0.25) is 0 Å². The molecule has 4 unspecified atom stereocenters. The molecule has 2 saturated carbocycles. The smallest absolute Gasteiger partial charge is 0.306 e.